The molecule has 0 aromatic heterocycles. The van der Waals surface area contributed by atoms with Crippen LogP contribution in [0.4, 0.5) is 10.1 Å². The highest BCUT2D eigenvalue weighted by Crippen LogP contribution is 2.16. The number of amides is 2. The van der Waals surface area contributed by atoms with E-state index < -0.39 is 11.8 Å². The summed E-state index contributed by atoms with van der Waals surface area (Å²) in [7, 11) is 0. The Hall–Kier alpha value is -4.46. The van der Waals surface area contributed by atoms with Gasteiger partial charge in [-0.25, -0.2) is 9.82 Å². The lowest BCUT2D eigenvalue weighted by Crippen LogP contribution is -2.32. The molecule has 2 amide bonds. The highest BCUT2D eigenvalue weighted by atomic mass is 19.1. The molecule has 168 valence electrons. The van der Waals surface area contributed by atoms with E-state index in [0.717, 1.165) is 5.56 Å². The van der Waals surface area contributed by atoms with Gasteiger partial charge < -0.3 is 14.8 Å². The van der Waals surface area contributed by atoms with E-state index in [0.29, 0.717) is 29.4 Å². The Morgan fingerprint density at radius 2 is 1.70 bits per heavy atom. The van der Waals surface area contributed by atoms with Crippen LogP contribution in [-0.4, -0.2) is 24.6 Å². The van der Waals surface area contributed by atoms with Crippen LogP contribution >= 0.6 is 0 Å². The second kappa shape index (κ2) is 11.8. The molecule has 0 saturated carbocycles. The quantitative estimate of drug-likeness (QED) is 0.224. The average Bonchev–Trinajstić information content (AvgIpc) is 2.83. The van der Waals surface area contributed by atoms with Crippen LogP contribution in [-0.2, 0) is 16.2 Å². The van der Waals surface area contributed by atoms with Crippen molar-refractivity contribution < 1.29 is 23.5 Å². The number of carbonyl (C=O) groups is 2. The molecule has 0 aliphatic rings. The van der Waals surface area contributed by atoms with Gasteiger partial charge in [0.2, 0.25) is 0 Å². The molecule has 0 spiro atoms. The molecule has 0 heterocycles. The number of rotatable bonds is 9. The van der Waals surface area contributed by atoms with Crippen LogP contribution < -0.4 is 20.2 Å². The fourth-order valence-corrected chi connectivity index (χ4v) is 2.63. The lowest BCUT2D eigenvalue weighted by Gasteiger charge is -2.07. The molecule has 0 atom stereocenters. The van der Waals surface area contributed by atoms with Gasteiger partial charge in [0, 0.05) is 5.69 Å². The summed E-state index contributed by atoms with van der Waals surface area (Å²) in [5, 5.41) is 6.28. The normalized spacial score (nSPS) is 10.5. The van der Waals surface area contributed by atoms with Crippen molar-refractivity contribution in [3.05, 3.63) is 102 Å². The van der Waals surface area contributed by atoms with Crippen molar-refractivity contribution in [1.82, 2.24) is 5.43 Å². The van der Waals surface area contributed by atoms with Crippen LogP contribution in [0.15, 0.2) is 90.6 Å². The van der Waals surface area contributed by atoms with Crippen LogP contribution in [0.3, 0.4) is 0 Å². The van der Waals surface area contributed by atoms with Crippen molar-refractivity contribution in [3.63, 3.8) is 0 Å². The summed E-state index contributed by atoms with van der Waals surface area (Å²) in [5.74, 6) is -0.886. The van der Waals surface area contributed by atoms with Gasteiger partial charge in [0.1, 0.15) is 30.5 Å². The summed E-state index contributed by atoms with van der Waals surface area (Å²) >= 11 is 0. The van der Waals surface area contributed by atoms with Crippen LogP contribution in [0, 0.1) is 5.82 Å². The number of hydrogen-bond donors (Lipinski definition) is 2. The lowest BCUT2D eigenvalue weighted by atomic mass is 10.2. The number of benzene rings is 3. The molecule has 2 N–H and O–H groups in total. The second-order valence-electron chi connectivity index (χ2n) is 6.76. The number of ether oxygens (including phenoxy) is 2. The summed E-state index contributed by atoms with van der Waals surface area (Å²) in [5.41, 5.74) is 4.10. The van der Waals surface area contributed by atoms with Crippen molar-refractivity contribution in [1.29, 1.82) is 0 Å². The molecule has 8 heteroatoms. The fraction of sp³-hybridized carbons (Fsp3) is 0.0800. The number of nitrogens with zero attached hydrogens (tertiary/aromatic N) is 1. The molecule has 0 radical (unpaired) electrons. The molecule has 3 aromatic rings. The van der Waals surface area contributed by atoms with Crippen molar-refractivity contribution >= 4 is 23.7 Å². The minimum Gasteiger partial charge on any atom is -0.490 e. The maximum absolute atomic E-state index is 13.0. The largest absolute Gasteiger partial charge is 0.490 e. The number of hydrogen-bond acceptors (Lipinski definition) is 5. The van der Waals surface area contributed by atoms with E-state index in [1.54, 1.807) is 66.7 Å². The van der Waals surface area contributed by atoms with E-state index in [4.69, 9.17) is 9.47 Å². The number of hydrazone groups is 1. The first-order valence-electron chi connectivity index (χ1n) is 9.99. The van der Waals surface area contributed by atoms with Crippen molar-refractivity contribution in [2.75, 3.05) is 11.9 Å². The van der Waals surface area contributed by atoms with Crippen molar-refractivity contribution in [2.45, 2.75) is 6.61 Å². The first-order valence-corrected chi connectivity index (χ1v) is 9.99. The summed E-state index contributed by atoms with van der Waals surface area (Å²) in [4.78, 5) is 24.0. The molecule has 0 unspecified atom stereocenters. The molecule has 3 aromatic carbocycles. The van der Waals surface area contributed by atoms with Gasteiger partial charge in [0.05, 0.1) is 6.21 Å². The maximum Gasteiger partial charge on any atom is 0.329 e. The van der Waals surface area contributed by atoms with E-state index in [9.17, 15) is 14.0 Å². The highest BCUT2D eigenvalue weighted by Gasteiger charge is 2.12. The first-order chi connectivity index (χ1) is 16.0. The zero-order valence-electron chi connectivity index (χ0n) is 17.7. The zero-order valence-corrected chi connectivity index (χ0v) is 17.7. The molecule has 0 aliphatic heterocycles. The van der Waals surface area contributed by atoms with E-state index in [1.807, 2.05) is 0 Å². The van der Waals surface area contributed by atoms with Gasteiger partial charge >= 0.3 is 11.8 Å². The topological polar surface area (TPSA) is 89.0 Å². The van der Waals surface area contributed by atoms with Gasteiger partial charge in [-0.05, 0) is 59.7 Å². The van der Waals surface area contributed by atoms with Gasteiger partial charge in [0.15, 0.2) is 0 Å². The Kier molecular flexibility index (Phi) is 8.30. The van der Waals surface area contributed by atoms with Crippen LogP contribution in [0.25, 0.3) is 0 Å². The molecule has 7 nitrogen and oxygen atoms in total. The molecule has 0 fully saturated rings. The van der Waals surface area contributed by atoms with Gasteiger partial charge in [0.25, 0.3) is 0 Å². The summed E-state index contributed by atoms with van der Waals surface area (Å²) < 4.78 is 24.0. The number of anilines is 1. The number of carbonyl (C=O) groups excluding carboxylic acids is 2. The third kappa shape index (κ3) is 7.62. The minimum absolute atomic E-state index is 0.277. The summed E-state index contributed by atoms with van der Waals surface area (Å²) in [6, 6.07) is 19.6. The highest BCUT2D eigenvalue weighted by molar-refractivity contribution is 6.39. The standard InChI is InChI=1S/C25H22FN3O4/c1-2-14-32-22-12-10-21(11-13-22)28-24(30)25(31)29-27-16-19-4-3-5-23(15-19)33-17-18-6-8-20(26)9-7-18/h2-13,15-16H,1,14,17H2,(H,28,30)(H,29,31)/b27-16-. The second-order valence-corrected chi connectivity index (χ2v) is 6.76. The number of halogens is 1. The summed E-state index contributed by atoms with van der Waals surface area (Å²) in [6.07, 6.45) is 3.01. The molecule has 0 saturated heterocycles. The predicted molar refractivity (Wildman–Crippen MR) is 124 cm³/mol. The molecular formula is C25H22FN3O4. The fourth-order valence-electron chi connectivity index (χ4n) is 2.63. The predicted octanol–water partition coefficient (Wildman–Crippen LogP) is 4.06. The molecule has 3 rings (SSSR count). The molecule has 33 heavy (non-hydrogen) atoms. The molecule has 0 bridgehead atoms. The van der Waals surface area contributed by atoms with Crippen molar-refractivity contribution in [2.24, 2.45) is 5.10 Å². The van der Waals surface area contributed by atoms with E-state index >= 15 is 0 Å². The third-order valence-electron chi connectivity index (χ3n) is 4.24. The minimum atomic E-state index is -0.915. The average molecular weight is 447 g/mol. The molecule has 0 aliphatic carbocycles. The molecular weight excluding hydrogens is 425 g/mol. The van der Waals surface area contributed by atoms with E-state index in [-0.39, 0.29) is 12.4 Å². The van der Waals surface area contributed by atoms with Gasteiger partial charge in [-0.2, -0.15) is 5.10 Å². The van der Waals surface area contributed by atoms with Crippen LogP contribution in [0.5, 0.6) is 11.5 Å². The summed E-state index contributed by atoms with van der Waals surface area (Å²) in [6.45, 7) is 4.21. The first kappa shape index (κ1) is 23.2. The zero-order chi connectivity index (χ0) is 23.5. The Labute approximate surface area is 190 Å². The Morgan fingerprint density at radius 1 is 0.939 bits per heavy atom. The third-order valence-corrected chi connectivity index (χ3v) is 4.24. The van der Waals surface area contributed by atoms with E-state index in [1.165, 1.54) is 18.3 Å². The van der Waals surface area contributed by atoms with Gasteiger partial charge in [-0.3, -0.25) is 9.59 Å². The van der Waals surface area contributed by atoms with Crippen LogP contribution in [0.2, 0.25) is 0 Å². The number of nitrogens with one attached hydrogen (secondary N) is 2. The Bertz CT molecular complexity index is 1130. The Balaban J connectivity index is 1.48. The maximum atomic E-state index is 13.0. The SMILES string of the molecule is C=CCOc1ccc(NC(=O)C(=O)N/N=C\c2cccc(OCc3ccc(F)cc3)c2)cc1. The smallest absolute Gasteiger partial charge is 0.329 e. The van der Waals surface area contributed by atoms with Gasteiger partial charge in [-0.1, -0.05) is 36.9 Å². The van der Waals surface area contributed by atoms with Gasteiger partial charge in [-0.15, -0.1) is 0 Å². The van der Waals surface area contributed by atoms with E-state index in [2.05, 4.69) is 22.4 Å². The Morgan fingerprint density at radius 3 is 2.42 bits per heavy atom. The lowest BCUT2D eigenvalue weighted by molar-refractivity contribution is -0.136. The monoisotopic (exact) mass is 447 g/mol. The van der Waals surface area contributed by atoms with Crippen molar-refractivity contribution in [3.8, 4) is 11.5 Å². The van der Waals surface area contributed by atoms with Crippen LogP contribution in [0.1, 0.15) is 11.1 Å².